The standard InChI is InChI=1S/C16H15ClN4O3/c1-9-4-13(14(24-3)5-12(9)17)20-16(23)11(6-18)15(22)10-7-19-21(2)8-10/h4-5,7-8,11H,1-3H3,(H,20,23)/t11-/m1/s1. The number of carbonyl (C=O) groups is 2. The number of rotatable bonds is 5. The first-order chi connectivity index (χ1) is 11.4. The van der Waals surface area contributed by atoms with Gasteiger partial charge in [0.2, 0.25) is 5.91 Å². The average molecular weight is 347 g/mol. The van der Waals surface area contributed by atoms with Crippen LogP contribution in [0.3, 0.4) is 0 Å². The van der Waals surface area contributed by atoms with E-state index in [-0.39, 0.29) is 5.56 Å². The van der Waals surface area contributed by atoms with Crippen molar-refractivity contribution in [1.82, 2.24) is 9.78 Å². The van der Waals surface area contributed by atoms with Crippen LogP contribution in [0.1, 0.15) is 15.9 Å². The van der Waals surface area contributed by atoms with Crippen molar-refractivity contribution in [2.45, 2.75) is 6.92 Å². The Morgan fingerprint density at radius 2 is 2.17 bits per heavy atom. The number of aromatic nitrogens is 2. The summed E-state index contributed by atoms with van der Waals surface area (Å²) in [5.74, 6) is -2.52. The van der Waals surface area contributed by atoms with Gasteiger partial charge in [0.25, 0.3) is 0 Å². The molecule has 0 bridgehead atoms. The molecule has 1 N–H and O–H groups in total. The monoisotopic (exact) mass is 346 g/mol. The Morgan fingerprint density at radius 1 is 1.46 bits per heavy atom. The molecule has 2 aromatic rings. The molecule has 1 aromatic carbocycles. The Bertz CT molecular complexity index is 838. The van der Waals surface area contributed by atoms with Gasteiger partial charge in [-0.25, -0.2) is 0 Å². The highest BCUT2D eigenvalue weighted by Gasteiger charge is 2.29. The van der Waals surface area contributed by atoms with E-state index in [9.17, 15) is 14.9 Å². The molecule has 1 aromatic heterocycles. The lowest BCUT2D eigenvalue weighted by Gasteiger charge is -2.13. The van der Waals surface area contributed by atoms with Crippen LogP contribution in [0, 0.1) is 24.2 Å². The molecule has 1 heterocycles. The fourth-order valence-corrected chi connectivity index (χ4v) is 2.24. The van der Waals surface area contributed by atoms with E-state index in [0.717, 1.165) is 5.56 Å². The molecule has 1 atom stereocenters. The molecule has 24 heavy (non-hydrogen) atoms. The van der Waals surface area contributed by atoms with E-state index in [2.05, 4.69) is 10.4 Å². The summed E-state index contributed by atoms with van der Waals surface area (Å²) in [4.78, 5) is 24.7. The van der Waals surface area contributed by atoms with E-state index in [4.69, 9.17) is 16.3 Å². The van der Waals surface area contributed by atoms with Gasteiger partial charge < -0.3 is 10.1 Å². The maximum atomic E-state index is 12.4. The first-order valence-electron chi connectivity index (χ1n) is 6.94. The molecule has 0 aliphatic carbocycles. The third kappa shape index (κ3) is 3.55. The van der Waals surface area contributed by atoms with Gasteiger partial charge in [0.15, 0.2) is 11.7 Å². The molecule has 0 aliphatic rings. The van der Waals surface area contributed by atoms with E-state index in [1.165, 1.54) is 24.2 Å². The van der Waals surface area contributed by atoms with Gasteiger partial charge in [0.1, 0.15) is 5.75 Å². The molecule has 0 aliphatic heterocycles. The Balaban J connectivity index is 2.26. The first-order valence-corrected chi connectivity index (χ1v) is 7.32. The maximum absolute atomic E-state index is 12.4. The van der Waals surface area contributed by atoms with E-state index in [1.54, 1.807) is 32.2 Å². The number of benzene rings is 1. The SMILES string of the molecule is COc1cc(Cl)c(C)cc1NC(=O)[C@H](C#N)C(=O)c1cnn(C)c1. The highest BCUT2D eigenvalue weighted by Crippen LogP contribution is 2.31. The Hall–Kier alpha value is -2.85. The molecule has 0 fully saturated rings. The zero-order valence-electron chi connectivity index (χ0n) is 13.3. The van der Waals surface area contributed by atoms with Crippen molar-refractivity contribution >= 4 is 29.0 Å². The summed E-state index contributed by atoms with van der Waals surface area (Å²) in [5.41, 5.74) is 1.25. The van der Waals surface area contributed by atoms with Gasteiger partial charge in [-0.15, -0.1) is 0 Å². The predicted octanol–water partition coefficient (Wildman–Crippen LogP) is 2.35. The number of Topliss-reactive ketones (excluding diaryl/α,β-unsaturated/α-hetero) is 1. The number of halogens is 1. The lowest BCUT2D eigenvalue weighted by molar-refractivity contribution is -0.117. The summed E-state index contributed by atoms with van der Waals surface area (Å²) in [6.07, 6.45) is 2.76. The molecule has 0 unspecified atom stereocenters. The van der Waals surface area contributed by atoms with Crippen molar-refractivity contribution in [3.05, 3.63) is 40.7 Å². The average Bonchev–Trinajstić information content (AvgIpc) is 2.97. The smallest absolute Gasteiger partial charge is 0.249 e. The van der Waals surface area contributed by atoms with Crippen LogP contribution in [0.5, 0.6) is 5.75 Å². The molecular weight excluding hydrogens is 332 g/mol. The van der Waals surface area contributed by atoms with Crippen molar-refractivity contribution < 1.29 is 14.3 Å². The van der Waals surface area contributed by atoms with Crippen molar-refractivity contribution in [2.75, 3.05) is 12.4 Å². The summed E-state index contributed by atoms with van der Waals surface area (Å²) >= 11 is 6.02. The number of nitrogens with zero attached hydrogens (tertiary/aromatic N) is 3. The molecule has 0 saturated carbocycles. The second-order valence-electron chi connectivity index (χ2n) is 5.12. The number of amides is 1. The quantitative estimate of drug-likeness (QED) is 0.662. The summed E-state index contributed by atoms with van der Waals surface area (Å²) in [6.45, 7) is 1.76. The number of ether oxygens (including phenoxy) is 1. The van der Waals surface area contributed by atoms with Crippen LogP contribution >= 0.6 is 11.6 Å². The number of ketones is 1. The summed E-state index contributed by atoms with van der Waals surface area (Å²) in [5, 5.41) is 16.1. The number of hydrogen-bond donors (Lipinski definition) is 1. The number of carbonyl (C=O) groups excluding carboxylic acids is 2. The topological polar surface area (TPSA) is 97.0 Å². The van der Waals surface area contributed by atoms with Gasteiger partial charge >= 0.3 is 0 Å². The minimum atomic E-state index is -1.49. The molecule has 1 amide bonds. The number of aryl methyl sites for hydroxylation is 2. The van der Waals surface area contributed by atoms with Crippen LogP contribution in [0.15, 0.2) is 24.5 Å². The van der Waals surface area contributed by atoms with Crippen LogP contribution in [0.25, 0.3) is 0 Å². The van der Waals surface area contributed by atoms with Crippen molar-refractivity contribution in [2.24, 2.45) is 13.0 Å². The molecule has 2 rings (SSSR count). The summed E-state index contributed by atoms with van der Waals surface area (Å²) in [7, 11) is 3.07. The number of nitriles is 1. The zero-order chi connectivity index (χ0) is 17.9. The molecule has 124 valence electrons. The first kappa shape index (κ1) is 17.5. The third-order valence-corrected chi connectivity index (χ3v) is 3.79. The summed E-state index contributed by atoms with van der Waals surface area (Å²) < 4.78 is 6.59. The predicted molar refractivity (Wildman–Crippen MR) is 88.0 cm³/mol. The van der Waals surface area contributed by atoms with Crippen LogP contribution in [-0.2, 0) is 11.8 Å². The number of methoxy groups -OCH3 is 1. The van der Waals surface area contributed by atoms with Crippen LogP contribution in [0.2, 0.25) is 5.02 Å². The van der Waals surface area contributed by atoms with Gasteiger partial charge in [-0.3, -0.25) is 14.3 Å². The van der Waals surface area contributed by atoms with Crippen molar-refractivity contribution in [3.8, 4) is 11.8 Å². The van der Waals surface area contributed by atoms with Gasteiger partial charge in [0.05, 0.1) is 30.6 Å². The second kappa shape index (κ2) is 7.15. The zero-order valence-corrected chi connectivity index (χ0v) is 14.1. The fraction of sp³-hybridized carbons (Fsp3) is 0.250. The normalized spacial score (nSPS) is 11.5. The minimum Gasteiger partial charge on any atom is -0.495 e. The molecular formula is C16H15ClN4O3. The van der Waals surface area contributed by atoms with E-state index < -0.39 is 17.6 Å². The van der Waals surface area contributed by atoms with Crippen LogP contribution in [-0.4, -0.2) is 28.6 Å². The van der Waals surface area contributed by atoms with Crippen LogP contribution in [0.4, 0.5) is 5.69 Å². The van der Waals surface area contributed by atoms with Gasteiger partial charge in [-0.1, -0.05) is 11.6 Å². The second-order valence-corrected chi connectivity index (χ2v) is 5.53. The van der Waals surface area contributed by atoms with Crippen LogP contribution < -0.4 is 10.1 Å². The number of nitrogens with one attached hydrogen (secondary N) is 1. The molecule has 0 radical (unpaired) electrons. The summed E-state index contributed by atoms with van der Waals surface area (Å²) in [6, 6.07) is 4.89. The third-order valence-electron chi connectivity index (χ3n) is 3.38. The fourth-order valence-electron chi connectivity index (χ4n) is 2.09. The largest absolute Gasteiger partial charge is 0.495 e. The Morgan fingerprint density at radius 3 is 2.71 bits per heavy atom. The van der Waals surface area contributed by atoms with E-state index >= 15 is 0 Å². The number of anilines is 1. The highest BCUT2D eigenvalue weighted by molar-refractivity contribution is 6.31. The van der Waals surface area contributed by atoms with Gasteiger partial charge in [-0.2, -0.15) is 10.4 Å². The van der Waals surface area contributed by atoms with Crippen molar-refractivity contribution in [3.63, 3.8) is 0 Å². The Kier molecular flexibility index (Phi) is 5.21. The lowest BCUT2D eigenvalue weighted by atomic mass is 10.0. The van der Waals surface area contributed by atoms with Crippen molar-refractivity contribution in [1.29, 1.82) is 5.26 Å². The van der Waals surface area contributed by atoms with Gasteiger partial charge in [0, 0.05) is 24.3 Å². The lowest BCUT2D eigenvalue weighted by Crippen LogP contribution is -2.28. The maximum Gasteiger partial charge on any atom is 0.249 e. The molecule has 8 heteroatoms. The van der Waals surface area contributed by atoms with E-state index in [0.29, 0.717) is 16.5 Å². The van der Waals surface area contributed by atoms with Gasteiger partial charge in [-0.05, 0) is 18.6 Å². The highest BCUT2D eigenvalue weighted by atomic mass is 35.5. The number of hydrogen-bond acceptors (Lipinski definition) is 5. The minimum absolute atomic E-state index is 0.193. The molecule has 7 nitrogen and oxygen atoms in total. The molecule has 0 saturated heterocycles. The van der Waals surface area contributed by atoms with E-state index in [1.807, 2.05) is 0 Å². The Labute approximate surface area is 143 Å². The molecule has 0 spiro atoms.